The molecule has 4 heteroatoms. The number of aldehydes is 1. The lowest BCUT2D eigenvalue weighted by Crippen LogP contribution is -2.28. The Bertz CT molecular complexity index is 351. The van der Waals surface area contributed by atoms with Crippen LogP contribution in [0.15, 0.2) is 11.4 Å². The molecule has 0 unspecified atom stereocenters. The van der Waals surface area contributed by atoms with E-state index in [4.69, 9.17) is 0 Å². The maximum absolute atomic E-state index is 10.6. The fraction of sp³-hybridized carbons (Fsp3) is 0.583. The summed E-state index contributed by atoms with van der Waals surface area (Å²) in [5, 5.41) is 2.10. The molecule has 1 aromatic heterocycles. The van der Waals surface area contributed by atoms with Crippen molar-refractivity contribution < 1.29 is 4.79 Å². The Morgan fingerprint density at radius 3 is 3.00 bits per heavy atom. The molecular formula is C12H18N2OS. The average molecular weight is 238 g/mol. The molecule has 0 N–H and O–H groups in total. The largest absolute Gasteiger partial charge is 0.305 e. The summed E-state index contributed by atoms with van der Waals surface area (Å²) >= 11 is 1.54. The second-order valence-electron chi connectivity index (χ2n) is 4.41. The van der Waals surface area contributed by atoms with E-state index in [-0.39, 0.29) is 0 Å². The summed E-state index contributed by atoms with van der Waals surface area (Å²) in [6.45, 7) is 5.61. The predicted octanol–water partition coefficient (Wildman–Crippen LogP) is 1.70. The van der Waals surface area contributed by atoms with Crippen molar-refractivity contribution in [3.8, 4) is 0 Å². The Morgan fingerprint density at radius 2 is 2.25 bits per heavy atom. The molecule has 0 atom stereocenters. The van der Waals surface area contributed by atoms with Gasteiger partial charge in [-0.05, 0) is 43.6 Å². The Balaban J connectivity index is 1.90. The van der Waals surface area contributed by atoms with Crippen LogP contribution in [0.4, 0.5) is 0 Å². The first kappa shape index (κ1) is 11.8. The zero-order valence-electron chi connectivity index (χ0n) is 9.69. The third-order valence-electron chi connectivity index (χ3n) is 3.01. The lowest BCUT2D eigenvalue weighted by atomic mass is 10.3. The summed E-state index contributed by atoms with van der Waals surface area (Å²) in [6, 6.07) is 2.01. The van der Waals surface area contributed by atoms with Gasteiger partial charge in [0.1, 0.15) is 0 Å². The van der Waals surface area contributed by atoms with Gasteiger partial charge >= 0.3 is 0 Å². The van der Waals surface area contributed by atoms with Crippen molar-refractivity contribution in [1.29, 1.82) is 0 Å². The third kappa shape index (κ3) is 3.14. The molecule has 1 saturated heterocycles. The monoisotopic (exact) mass is 238 g/mol. The predicted molar refractivity (Wildman–Crippen MR) is 67.1 cm³/mol. The molecule has 0 spiro atoms. The highest BCUT2D eigenvalue weighted by atomic mass is 32.1. The summed E-state index contributed by atoms with van der Waals surface area (Å²) in [5.74, 6) is 0. The lowest BCUT2D eigenvalue weighted by Gasteiger charge is -2.19. The number of hydrogen-bond donors (Lipinski definition) is 0. The molecule has 0 bridgehead atoms. The van der Waals surface area contributed by atoms with E-state index in [2.05, 4.69) is 22.2 Å². The number of likely N-dealkylation sites (N-methyl/N-ethyl adjacent to an activating group) is 1. The molecule has 1 aromatic rings. The van der Waals surface area contributed by atoms with Crippen molar-refractivity contribution in [2.24, 2.45) is 0 Å². The third-order valence-corrected chi connectivity index (χ3v) is 3.92. The van der Waals surface area contributed by atoms with Gasteiger partial charge in [-0.2, -0.15) is 0 Å². The Morgan fingerprint density at radius 1 is 1.38 bits per heavy atom. The molecule has 0 aromatic carbocycles. The standard InChI is InChI=1S/C12H18N2OS/c1-13-3-2-4-14(6-5-13)8-11-7-12(9-15)16-10-11/h7,9-10H,2-6,8H2,1H3. The first-order valence-corrected chi connectivity index (χ1v) is 6.59. The molecule has 2 heterocycles. The second kappa shape index (κ2) is 5.57. The quantitative estimate of drug-likeness (QED) is 0.749. The van der Waals surface area contributed by atoms with E-state index in [1.807, 2.05) is 6.07 Å². The van der Waals surface area contributed by atoms with Gasteiger partial charge < -0.3 is 4.90 Å². The first-order valence-electron chi connectivity index (χ1n) is 5.71. The van der Waals surface area contributed by atoms with Gasteiger partial charge in [-0.15, -0.1) is 11.3 Å². The van der Waals surface area contributed by atoms with Crippen molar-refractivity contribution in [3.05, 3.63) is 21.9 Å². The molecule has 3 nitrogen and oxygen atoms in total. The average Bonchev–Trinajstić information content (AvgIpc) is 2.63. The summed E-state index contributed by atoms with van der Waals surface area (Å²) in [7, 11) is 2.18. The summed E-state index contributed by atoms with van der Waals surface area (Å²) in [6.07, 6.45) is 2.17. The zero-order chi connectivity index (χ0) is 11.4. The van der Waals surface area contributed by atoms with Crippen LogP contribution in [0.25, 0.3) is 0 Å². The molecule has 1 aliphatic rings. The minimum atomic E-state index is 0.835. The molecule has 0 saturated carbocycles. The molecule has 1 aliphatic heterocycles. The van der Waals surface area contributed by atoms with Crippen LogP contribution in [0.2, 0.25) is 0 Å². The molecule has 16 heavy (non-hydrogen) atoms. The van der Waals surface area contributed by atoms with Gasteiger partial charge in [0.15, 0.2) is 6.29 Å². The fourth-order valence-corrected chi connectivity index (χ4v) is 2.76. The van der Waals surface area contributed by atoms with Crippen molar-refractivity contribution in [3.63, 3.8) is 0 Å². The minimum absolute atomic E-state index is 0.835. The molecule has 0 aliphatic carbocycles. The van der Waals surface area contributed by atoms with E-state index in [1.54, 1.807) is 0 Å². The van der Waals surface area contributed by atoms with Crippen molar-refractivity contribution in [1.82, 2.24) is 9.80 Å². The number of carbonyl (C=O) groups excluding carboxylic acids is 1. The van der Waals surface area contributed by atoms with Crippen LogP contribution in [0.5, 0.6) is 0 Å². The number of hydrogen-bond acceptors (Lipinski definition) is 4. The number of nitrogens with zero attached hydrogens (tertiary/aromatic N) is 2. The summed E-state index contributed by atoms with van der Waals surface area (Å²) in [4.78, 5) is 16.3. The van der Waals surface area contributed by atoms with Gasteiger partial charge in [0.25, 0.3) is 0 Å². The fourth-order valence-electron chi connectivity index (χ4n) is 2.06. The zero-order valence-corrected chi connectivity index (χ0v) is 10.5. The molecule has 2 rings (SSSR count). The van der Waals surface area contributed by atoms with Crippen LogP contribution in [-0.4, -0.2) is 49.3 Å². The Hall–Kier alpha value is -0.710. The van der Waals surface area contributed by atoms with E-state index in [0.717, 1.165) is 37.3 Å². The van der Waals surface area contributed by atoms with E-state index in [1.165, 1.54) is 29.9 Å². The maximum Gasteiger partial charge on any atom is 0.160 e. The first-order chi connectivity index (χ1) is 7.78. The van der Waals surface area contributed by atoms with Crippen LogP contribution in [0.3, 0.4) is 0 Å². The van der Waals surface area contributed by atoms with Crippen LogP contribution >= 0.6 is 11.3 Å². The van der Waals surface area contributed by atoms with Crippen LogP contribution in [0.1, 0.15) is 21.7 Å². The molecule has 88 valence electrons. The second-order valence-corrected chi connectivity index (χ2v) is 5.35. The van der Waals surface area contributed by atoms with E-state index in [0.29, 0.717) is 0 Å². The van der Waals surface area contributed by atoms with Crippen LogP contribution in [0, 0.1) is 0 Å². The minimum Gasteiger partial charge on any atom is -0.305 e. The van der Waals surface area contributed by atoms with Gasteiger partial charge in [-0.25, -0.2) is 0 Å². The van der Waals surface area contributed by atoms with E-state index in [9.17, 15) is 4.79 Å². The van der Waals surface area contributed by atoms with Crippen molar-refractivity contribution in [2.45, 2.75) is 13.0 Å². The van der Waals surface area contributed by atoms with Gasteiger partial charge in [-0.1, -0.05) is 0 Å². The van der Waals surface area contributed by atoms with Gasteiger partial charge in [0.05, 0.1) is 4.88 Å². The van der Waals surface area contributed by atoms with Crippen molar-refractivity contribution >= 4 is 17.6 Å². The Kier molecular flexibility index (Phi) is 4.09. The summed E-state index contributed by atoms with van der Waals surface area (Å²) in [5.41, 5.74) is 1.27. The molecule has 0 radical (unpaired) electrons. The normalized spacial score (nSPS) is 19.6. The number of carbonyl (C=O) groups is 1. The Labute approximate surface area is 101 Å². The van der Waals surface area contributed by atoms with Gasteiger partial charge in [0, 0.05) is 19.6 Å². The van der Waals surface area contributed by atoms with Gasteiger partial charge in [0.2, 0.25) is 0 Å². The number of rotatable bonds is 3. The SMILES string of the molecule is CN1CCCN(Cc2csc(C=O)c2)CC1. The van der Waals surface area contributed by atoms with Crippen molar-refractivity contribution in [2.75, 3.05) is 33.2 Å². The highest BCUT2D eigenvalue weighted by Crippen LogP contribution is 2.15. The number of thiophene rings is 1. The van der Waals surface area contributed by atoms with Crippen LogP contribution in [-0.2, 0) is 6.54 Å². The molecule has 0 amide bonds. The highest BCUT2D eigenvalue weighted by Gasteiger charge is 2.12. The molecular weight excluding hydrogens is 220 g/mol. The van der Waals surface area contributed by atoms with E-state index < -0.39 is 0 Å². The highest BCUT2D eigenvalue weighted by molar-refractivity contribution is 7.11. The lowest BCUT2D eigenvalue weighted by molar-refractivity contribution is 0.112. The van der Waals surface area contributed by atoms with Crippen LogP contribution < -0.4 is 0 Å². The smallest absolute Gasteiger partial charge is 0.160 e. The maximum atomic E-state index is 10.6. The van der Waals surface area contributed by atoms with Gasteiger partial charge in [-0.3, -0.25) is 9.69 Å². The topological polar surface area (TPSA) is 23.6 Å². The molecule has 1 fully saturated rings. The summed E-state index contributed by atoms with van der Waals surface area (Å²) < 4.78 is 0. The van der Waals surface area contributed by atoms with E-state index >= 15 is 0 Å².